The van der Waals surface area contributed by atoms with Crippen LogP contribution in [0.2, 0.25) is 5.02 Å². The molecule has 7 nitrogen and oxygen atoms in total. The topological polar surface area (TPSA) is 80.1 Å². The predicted molar refractivity (Wildman–Crippen MR) is 116 cm³/mol. The molecule has 1 N–H and O–H groups in total. The number of thioether (sulfide) groups is 1. The molecule has 28 heavy (non-hydrogen) atoms. The third kappa shape index (κ3) is 4.01. The van der Waals surface area contributed by atoms with Crippen LogP contribution in [0.3, 0.4) is 0 Å². The molecule has 2 aromatic heterocycles. The van der Waals surface area contributed by atoms with Crippen LogP contribution in [-0.4, -0.2) is 45.0 Å². The van der Waals surface area contributed by atoms with Crippen LogP contribution in [0.15, 0.2) is 29.3 Å². The van der Waals surface area contributed by atoms with Gasteiger partial charge in [-0.2, -0.15) is 16.7 Å². The number of aryl methyl sites for hydroxylation is 1. The molecule has 4 rings (SSSR count). The highest BCUT2D eigenvalue weighted by Crippen LogP contribution is 2.27. The molecule has 0 aliphatic carbocycles. The van der Waals surface area contributed by atoms with Gasteiger partial charge in [-0.15, -0.1) is 0 Å². The van der Waals surface area contributed by atoms with E-state index in [9.17, 15) is 9.59 Å². The number of aromatic nitrogens is 3. The van der Waals surface area contributed by atoms with Crippen molar-refractivity contribution in [1.29, 1.82) is 0 Å². The van der Waals surface area contributed by atoms with Gasteiger partial charge in [0.05, 0.1) is 10.7 Å². The van der Waals surface area contributed by atoms with Crippen LogP contribution >= 0.6 is 34.7 Å². The van der Waals surface area contributed by atoms with Gasteiger partial charge in [0, 0.05) is 24.6 Å². The number of benzene rings is 1. The minimum absolute atomic E-state index is 0.139. The van der Waals surface area contributed by atoms with Gasteiger partial charge in [0.1, 0.15) is 17.6 Å². The SMILES string of the molecule is Cc1ccc(NC(=O)Cn2cnc3nc(N4CCSCC4)sc3c2=O)c(Cl)c1. The van der Waals surface area contributed by atoms with Crippen LogP contribution in [0.25, 0.3) is 10.3 Å². The molecule has 1 aromatic carbocycles. The van der Waals surface area contributed by atoms with Crippen LogP contribution < -0.4 is 15.8 Å². The number of fused-ring (bicyclic) bond motifs is 1. The number of amides is 1. The molecule has 0 spiro atoms. The number of halogens is 1. The number of nitrogens with one attached hydrogen (secondary N) is 1. The molecule has 10 heteroatoms. The van der Waals surface area contributed by atoms with Crippen LogP contribution in [0.4, 0.5) is 10.8 Å². The largest absolute Gasteiger partial charge is 0.346 e. The Hall–Kier alpha value is -2.10. The monoisotopic (exact) mass is 435 g/mol. The lowest BCUT2D eigenvalue weighted by molar-refractivity contribution is -0.116. The Morgan fingerprint density at radius 3 is 2.86 bits per heavy atom. The maximum Gasteiger partial charge on any atom is 0.273 e. The number of carbonyl (C=O) groups excluding carboxylic acids is 1. The van der Waals surface area contributed by atoms with E-state index in [0.29, 0.717) is 21.1 Å². The zero-order chi connectivity index (χ0) is 19.7. The van der Waals surface area contributed by atoms with Gasteiger partial charge in [0.15, 0.2) is 10.8 Å². The van der Waals surface area contributed by atoms with Gasteiger partial charge in [0.25, 0.3) is 5.56 Å². The van der Waals surface area contributed by atoms with Crippen molar-refractivity contribution in [2.75, 3.05) is 34.8 Å². The van der Waals surface area contributed by atoms with E-state index in [1.807, 2.05) is 24.8 Å². The van der Waals surface area contributed by atoms with Crippen molar-refractivity contribution in [3.05, 3.63) is 45.5 Å². The lowest BCUT2D eigenvalue weighted by atomic mass is 10.2. The first-order valence-corrected chi connectivity index (χ1v) is 11.1. The number of nitrogens with zero attached hydrogens (tertiary/aromatic N) is 4. The first-order valence-electron chi connectivity index (χ1n) is 8.76. The minimum Gasteiger partial charge on any atom is -0.346 e. The number of hydrogen-bond acceptors (Lipinski definition) is 7. The molecule has 0 unspecified atom stereocenters. The number of carbonyl (C=O) groups is 1. The first-order chi connectivity index (χ1) is 13.5. The number of hydrogen-bond donors (Lipinski definition) is 1. The van der Waals surface area contributed by atoms with Crippen molar-refractivity contribution in [2.24, 2.45) is 0 Å². The van der Waals surface area contributed by atoms with Gasteiger partial charge < -0.3 is 10.2 Å². The van der Waals surface area contributed by atoms with Gasteiger partial charge in [-0.05, 0) is 24.6 Å². The van der Waals surface area contributed by atoms with E-state index >= 15 is 0 Å². The van der Waals surface area contributed by atoms with Gasteiger partial charge >= 0.3 is 0 Å². The summed E-state index contributed by atoms with van der Waals surface area (Å²) >= 11 is 9.41. The molecule has 0 bridgehead atoms. The normalized spacial score (nSPS) is 14.4. The van der Waals surface area contributed by atoms with Crippen molar-refractivity contribution in [1.82, 2.24) is 14.5 Å². The summed E-state index contributed by atoms with van der Waals surface area (Å²) in [5.41, 5.74) is 1.69. The molecule has 0 radical (unpaired) electrons. The van der Waals surface area contributed by atoms with E-state index in [-0.39, 0.29) is 18.0 Å². The van der Waals surface area contributed by atoms with Crippen LogP contribution in [0.1, 0.15) is 5.56 Å². The molecular formula is C18H18ClN5O2S2. The van der Waals surface area contributed by atoms with Gasteiger partial charge in [0.2, 0.25) is 5.91 Å². The molecule has 1 aliphatic rings. The molecule has 0 atom stereocenters. The summed E-state index contributed by atoms with van der Waals surface area (Å²) in [5.74, 6) is 1.76. The summed E-state index contributed by atoms with van der Waals surface area (Å²) < 4.78 is 1.77. The number of rotatable bonds is 4. The summed E-state index contributed by atoms with van der Waals surface area (Å²) in [6, 6.07) is 5.38. The quantitative estimate of drug-likeness (QED) is 0.678. The number of anilines is 2. The van der Waals surface area contributed by atoms with Crippen molar-refractivity contribution in [2.45, 2.75) is 13.5 Å². The second-order valence-corrected chi connectivity index (χ2v) is 9.07. The van der Waals surface area contributed by atoms with Gasteiger partial charge in [-0.3, -0.25) is 14.2 Å². The molecule has 146 valence electrons. The number of thiazole rings is 1. The second-order valence-electron chi connectivity index (χ2n) is 6.46. The van der Waals surface area contributed by atoms with E-state index in [4.69, 9.17) is 11.6 Å². The fourth-order valence-corrected chi connectivity index (χ4v) is 5.11. The fourth-order valence-electron chi connectivity index (χ4n) is 2.90. The van der Waals surface area contributed by atoms with E-state index in [1.54, 1.807) is 12.1 Å². The van der Waals surface area contributed by atoms with Crippen molar-refractivity contribution >= 4 is 61.8 Å². The molecule has 3 aromatic rings. The highest BCUT2D eigenvalue weighted by Gasteiger charge is 2.18. The summed E-state index contributed by atoms with van der Waals surface area (Å²) in [7, 11) is 0. The highest BCUT2D eigenvalue weighted by atomic mass is 35.5. The molecule has 3 heterocycles. The fraction of sp³-hybridized carbons (Fsp3) is 0.333. The Morgan fingerprint density at radius 1 is 1.32 bits per heavy atom. The van der Waals surface area contributed by atoms with Crippen molar-refractivity contribution in [3.8, 4) is 0 Å². The molecule has 1 amide bonds. The van der Waals surface area contributed by atoms with Gasteiger partial charge in [-0.25, -0.2) is 4.98 Å². The average molecular weight is 436 g/mol. The maximum absolute atomic E-state index is 12.8. The van der Waals surface area contributed by atoms with Crippen LogP contribution in [-0.2, 0) is 11.3 Å². The van der Waals surface area contributed by atoms with E-state index in [1.165, 1.54) is 22.2 Å². The molecular weight excluding hydrogens is 418 g/mol. The lowest BCUT2D eigenvalue weighted by Crippen LogP contribution is -2.32. The summed E-state index contributed by atoms with van der Waals surface area (Å²) in [6.45, 7) is 3.61. The Kier molecular flexibility index (Phi) is 5.56. The summed E-state index contributed by atoms with van der Waals surface area (Å²) in [6.07, 6.45) is 1.37. The maximum atomic E-state index is 12.8. The smallest absolute Gasteiger partial charge is 0.273 e. The van der Waals surface area contributed by atoms with Gasteiger partial charge in [-0.1, -0.05) is 29.0 Å². The molecule has 0 saturated carbocycles. The van der Waals surface area contributed by atoms with E-state index in [0.717, 1.165) is 35.3 Å². The van der Waals surface area contributed by atoms with Crippen LogP contribution in [0, 0.1) is 6.92 Å². The van der Waals surface area contributed by atoms with Crippen molar-refractivity contribution < 1.29 is 4.79 Å². The van der Waals surface area contributed by atoms with Crippen LogP contribution in [0.5, 0.6) is 0 Å². The van der Waals surface area contributed by atoms with Crippen molar-refractivity contribution in [3.63, 3.8) is 0 Å². The highest BCUT2D eigenvalue weighted by molar-refractivity contribution is 7.99. The molecule has 1 fully saturated rings. The van der Waals surface area contributed by atoms with E-state index in [2.05, 4.69) is 20.2 Å². The molecule has 1 aliphatic heterocycles. The summed E-state index contributed by atoms with van der Waals surface area (Å²) in [4.78, 5) is 36.1. The standard InChI is InChI=1S/C18H18ClN5O2S2/c1-11-2-3-13(12(19)8-11)21-14(25)9-24-10-20-16-15(17(24)26)28-18(22-16)23-4-6-27-7-5-23/h2-3,8,10H,4-7,9H2,1H3,(H,21,25). The molecule has 1 saturated heterocycles. The zero-order valence-corrected chi connectivity index (χ0v) is 17.5. The average Bonchev–Trinajstić information content (AvgIpc) is 3.12. The lowest BCUT2D eigenvalue weighted by Gasteiger charge is -2.25. The third-order valence-corrected chi connectivity index (χ3v) is 6.72. The second kappa shape index (κ2) is 8.10. The predicted octanol–water partition coefficient (Wildman–Crippen LogP) is 3.01. The third-order valence-electron chi connectivity index (χ3n) is 4.37. The van der Waals surface area contributed by atoms with E-state index < -0.39 is 0 Å². The Morgan fingerprint density at radius 2 is 2.11 bits per heavy atom. The summed E-state index contributed by atoms with van der Waals surface area (Å²) in [5, 5.41) is 4.01. The zero-order valence-electron chi connectivity index (χ0n) is 15.1. The Labute approximate surface area is 174 Å². The minimum atomic E-state index is -0.341. The Bertz CT molecular complexity index is 1090. The first kappa shape index (κ1) is 19.2. The Balaban J connectivity index is 1.54.